The summed E-state index contributed by atoms with van der Waals surface area (Å²) in [5, 5.41) is 9.29. The molecule has 3 heteroatoms. The molecule has 1 aliphatic rings. The quantitative estimate of drug-likeness (QED) is 0.804. The molecular formula is C13H12ClNO. The highest BCUT2D eigenvalue weighted by Crippen LogP contribution is 2.45. The monoisotopic (exact) mass is 233 g/mol. The normalized spacial score (nSPS) is 17.2. The van der Waals surface area contributed by atoms with Crippen LogP contribution < -0.4 is 0 Å². The molecule has 0 saturated heterocycles. The first kappa shape index (κ1) is 11.2. The van der Waals surface area contributed by atoms with Crippen molar-refractivity contribution in [2.45, 2.75) is 31.1 Å². The summed E-state index contributed by atoms with van der Waals surface area (Å²) in [4.78, 5) is 12.0. The summed E-state index contributed by atoms with van der Waals surface area (Å²) in [6.07, 6.45) is 2.77. The lowest BCUT2D eigenvalue weighted by molar-refractivity contribution is -0.126. The number of halogens is 1. The molecule has 0 aromatic heterocycles. The Bertz CT molecular complexity index is 440. The van der Waals surface area contributed by atoms with Gasteiger partial charge >= 0.3 is 0 Å². The van der Waals surface area contributed by atoms with Crippen molar-refractivity contribution in [2.75, 3.05) is 0 Å². The Hall–Kier alpha value is -1.33. The van der Waals surface area contributed by atoms with Crippen molar-refractivity contribution in [2.24, 2.45) is 0 Å². The van der Waals surface area contributed by atoms with Crippen molar-refractivity contribution >= 4 is 17.4 Å². The van der Waals surface area contributed by atoms with E-state index in [0.29, 0.717) is 5.02 Å². The van der Waals surface area contributed by atoms with Gasteiger partial charge in [-0.05, 0) is 30.5 Å². The Morgan fingerprint density at radius 2 is 2.00 bits per heavy atom. The maximum Gasteiger partial charge on any atom is 0.157 e. The number of carbonyl (C=O) groups excluding carboxylic acids is 1. The van der Waals surface area contributed by atoms with Gasteiger partial charge in [0.05, 0.1) is 17.9 Å². The van der Waals surface area contributed by atoms with Gasteiger partial charge in [0, 0.05) is 5.02 Å². The van der Waals surface area contributed by atoms with E-state index < -0.39 is 5.41 Å². The molecular weight excluding hydrogens is 222 g/mol. The molecule has 1 aromatic rings. The van der Waals surface area contributed by atoms with E-state index in [1.165, 1.54) is 0 Å². The topological polar surface area (TPSA) is 40.9 Å². The number of nitrogens with zero attached hydrogens (tertiary/aromatic N) is 1. The first-order valence-corrected chi connectivity index (χ1v) is 5.73. The van der Waals surface area contributed by atoms with Crippen molar-refractivity contribution in [3.05, 3.63) is 34.9 Å². The van der Waals surface area contributed by atoms with Crippen molar-refractivity contribution in [1.82, 2.24) is 0 Å². The number of carbonyl (C=O) groups is 1. The van der Waals surface area contributed by atoms with Crippen molar-refractivity contribution in [3.8, 4) is 6.07 Å². The van der Waals surface area contributed by atoms with Crippen LogP contribution >= 0.6 is 11.6 Å². The van der Waals surface area contributed by atoms with Crippen LogP contribution in [-0.2, 0) is 10.2 Å². The molecule has 0 radical (unpaired) electrons. The summed E-state index contributed by atoms with van der Waals surface area (Å²) < 4.78 is 0. The summed E-state index contributed by atoms with van der Waals surface area (Å²) in [5.74, 6) is 0.0450. The second-order valence-electron chi connectivity index (χ2n) is 4.20. The number of hydrogen-bond acceptors (Lipinski definition) is 2. The summed E-state index contributed by atoms with van der Waals surface area (Å²) in [6, 6.07) is 9.35. The predicted octanol–water partition coefficient (Wildman–Crippen LogP) is 3.24. The molecule has 0 atom stereocenters. The Kier molecular flexibility index (Phi) is 2.98. The fourth-order valence-electron chi connectivity index (χ4n) is 2.27. The number of Topliss-reactive ketones (excluding diaryl/α,β-unsaturated/α-hetero) is 1. The van der Waals surface area contributed by atoms with Gasteiger partial charge < -0.3 is 0 Å². The smallest absolute Gasteiger partial charge is 0.157 e. The van der Waals surface area contributed by atoms with Crippen LogP contribution in [0.4, 0.5) is 0 Å². The Labute approximate surface area is 99.8 Å². The molecule has 0 amide bonds. The Balaban J connectivity index is 2.32. The average molecular weight is 234 g/mol. The third-order valence-electron chi connectivity index (χ3n) is 3.38. The zero-order valence-corrected chi connectivity index (χ0v) is 9.63. The van der Waals surface area contributed by atoms with Crippen LogP contribution in [0, 0.1) is 11.3 Å². The van der Waals surface area contributed by atoms with Crippen LogP contribution in [-0.4, -0.2) is 5.78 Å². The third-order valence-corrected chi connectivity index (χ3v) is 3.63. The van der Waals surface area contributed by atoms with E-state index in [1.54, 1.807) is 12.1 Å². The molecule has 0 spiro atoms. The van der Waals surface area contributed by atoms with E-state index >= 15 is 0 Å². The lowest BCUT2D eigenvalue weighted by atomic mass is 9.61. The van der Waals surface area contributed by atoms with Gasteiger partial charge in [-0.25, -0.2) is 0 Å². The number of benzene rings is 1. The van der Waals surface area contributed by atoms with Gasteiger partial charge in [0.1, 0.15) is 0 Å². The van der Waals surface area contributed by atoms with Crippen LogP contribution in [0.15, 0.2) is 24.3 Å². The Morgan fingerprint density at radius 1 is 1.38 bits per heavy atom. The number of rotatable bonds is 3. The summed E-state index contributed by atoms with van der Waals surface area (Å²) in [6.45, 7) is 0. The molecule has 82 valence electrons. The van der Waals surface area contributed by atoms with E-state index in [-0.39, 0.29) is 12.2 Å². The maximum absolute atomic E-state index is 12.0. The Morgan fingerprint density at radius 3 is 2.44 bits per heavy atom. The molecule has 1 fully saturated rings. The standard InChI is InChI=1S/C13H12ClNO/c14-11-4-2-10(3-5-11)13(7-1-8-13)12(16)6-9-15/h2-5H,1,6-8H2. The highest BCUT2D eigenvalue weighted by molar-refractivity contribution is 6.30. The fraction of sp³-hybridized carbons (Fsp3) is 0.385. The highest BCUT2D eigenvalue weighted by Gasteiger charge is 2.44. The van der Waals surface area contributed by atoms with E-state index in [9.17, 15) is 4.79 Å². The lowest BCUT2D eigenvalue weighted by Crippen LogP contribution is -2.42. The molecule has 2 rings (SSSR count). The molecule has 0 unspecified atom stereocenters. The lowest BCUT2D eigenvalue weighted by Gasteiger charge is -2.40. The minimum atomic E-state index is -0.402. The van der Waals surface area contributed by atoms with Crippen LogP contribution in [0.25, 0.3) is 0 Å². The summed E-state index contributed by atoms with van der Waals surface area (Å²) in [5.41, 5.74) is 0.601. The van der Waals surface area contributed by atoms with Crippen LogP contribution in [0.5, 0.6) is 0 Å². The zero-order valence-electron chi connectivity index (χ0n) is 8.87. The van der Waals surface area contributed by atoms with Gasteiger partial charge in [0.2, 0.25) is 0 Å². The van der Waals surface area contributed by atoms with E-state index in [1.807, 2.05) is 18.2 Å². The van der Waals surface area contributed by atoms with Crippen LogP contribution in [0.1, 0.15) is 31.2 Å². The average Bonchev–Trinajstić information content (AvgIpc) is 2.19. The maximum atomic E-state index is 12.0. The number of nitriles is 1. The van der Waals surface area contributed by atoms with Crippen LogP contribution in [0.3, 0.4) is 0 Å². The highest BCUT2D eigenvalue weighted by atomic mass is 35.5. The van der Waals surface area contributed by atoms with E-state index in [4.69, 9.17) is 16.9 Å². The minimum Gasteiger partial charge on any atom is -0.298 e. The van der Waals surface area contributed by atoms with Gasteiger partial charge in [-0.2, -0.15) is 5.26 Å². The second kappa shape index (κ2) is 4.27. The molecule has 0 N–H and O–H groups in total. The van der Waals surface area contributed by atoms with Gasteiger partial charge in [-0.1, -0.05) is 30.2 Å². The SMILES string of the molecule is N#CCC(=O)C1(c2ccc(Cl)cc2)CCC1. The van der Waals surface area contributed by atoms with E-state index in [2.05, 4.69) is 0 Å². The minimum absolute atomic E-state index is 0.00261. The zero-order chi connectivity index (χ0) is 11.6. The van der Waals surface area contributed by atoms with Crippen molar-refractivity contribution in [1.29, 1.82) is 5.26 Å². The van der Waals surface area contributed by atoms with Gasteiger partial charge in [-0.3, -0.25) is 4.79 Å². The van der Waals surface area contributed by atoms with Gasteiger partial charge in [0.25, 0.3) is 0 Å². The molecule has 2 nitrogen and oxygen atoms in total. The number of ketones is 1. The molecule has 1 aliphatic carbocycles. The second-order valence-corrected chi connectivity index (χ2v) is 4.64. The van der Waals surface area contributed by atoms with Gasteiger partial charge in [0.15, 0.2) is 5.78 Å². The third kappa shape index (κ3) is 1.72. The molecule has 1 aromatic carbocycles. The number of hydrogen-bond donors (Lipinski definition) is 0. The summed E-state index contributed by atoms with van der Waals surface area (Å²) >= 11 is 5.83. The molecule has 0 aliphatic heterocycles. The predicted molar refractivity (Wildman–Crippen MR) is 62.2 cm³/mol. The van der Waals surface area contributed by atoms with Crippen LogP contribution in [0.2, 0.25) is 5.02 Å². The molecule has 1 saturated carbocycles. The first-order valence-electron chi connectivity index (χ1n) is 5.35. The van der Waals surface area contributed by atoms with Crippen molar-refractivity contribution < 1.29 is 4.79 Å². The molecule has 16 heavy (non-hydrogen) atoms. The van der Waals surface area contributed by atoms with E-state index in [0.717, 1.165) is 24.8 Å². The van der Waals surface area contributed by atoms with Gasteiger partial charge in [-0.15, -0.1) is 0 Å². The summed E-state index contributed by atoms with van der Waals surface area (Å²) in [7, 11) is 0. The van der Waals surface area contributed by atoms with Crippen molar-refractivity contribution in [3.63, 3.8) is 0 Å². The fourth-order valence-corrected chi connectivity index (χ4v) is 2.39. The molecule has 0 bridgehead atoms. The largest absolute Gasteiger partial charge is 0.298 e. The molecule has 0 heterocycles. The first-order chi connectivity index (χ1) is 7.69.